The zero-order valence-corrected chi connectivity index (χ0v) is 11.2. The molecule has 0 radical (unpaired) electrons. The molecule has 2 nitrogen and oxygen atoms in total. The van der Waals surface area contributed by atoms with Gasteiger partial charge in [-0.2, -0.15) is 0 Å². The monoisotopic (exact) mass is 252 g/mol. The fraction of sp³-hybridized carbons (Fsp3) is 0.353. The molecule has 1 aliphatic heterocycles. The number of pyridine rings is 1. The first kappa shape index (κ1) is 12.2. The number of benzene rings is 1. The Morgan fingerprint density at radius 2 is 1.68 bits per heavy atom. The third-order valence-corrected chi connectivity index (χ3v) is 3.96. The van der Waals surface area contributed by atoms with Crippen LogP contribution < -0.4 is 4.90 Å². The Hall–Kier alpha value is -1.83. The molecule has 2 heteroatoms. The molecule has 98 valence electrons. The first-order valence-electron chi connectivity index (χ1n) is 7.12. The molecule has 19 heavy (non-hydrogen) atoms. The van der Waals surface area contributed by atoms with E-state index in [1.54, 1.807) is 0 Å². The quantitative estimate of drug-likeness (QED) is 0.830. The summed E-state index contributed by atoms with van der Waals surface area (Å²) in [4.78, 5) is 6.84. The van der Waals surface area contributed by atoms with Gasteiger partial charge in [0.15, 0.2) is 0 Å². The highest BCUT2D eigenvalue weighted by Crippen LogP contribution is 2.24. The fourth-order valence-corrected chi connectivity index (χ4v) is 2.85. The zero-order chi connectivity index (χ0) is 12.9. The Labute approximate surface area is 115 Å². The number of rotatable bonds is 3. The molecular weight excluding hydrogens is 232 g/mol. The maximum Gasteiger partial charge on any atom is 0.128 e. The molecule has 0 saturated carbocycles. The average Bonchev–Trinajstić information content (AvgIpc) is 2.50. The fourth-order valence-electron chi connectivity index (χ4n) is 2.85. The maximum atomic E-state index is 4.44. The number of anilines is 1. The minimum absolute atomic E-state index is 0.822. The summed E-state index contributed by atoms with van der Waals surface area (Å²) >= 11 is 0. The van der Waals surface area contributed by atoms with Crippen molar-refractivity contribution >= 4 is 5.82 Å². The van der Waals surface area contributed by atoms with Crippen LogP contribution in [-0.4, -0.2) is 18.1 Å². The number of piperidine rings is 1. The van der Waals surface area contributed by atoms with Crippen molar-refractivity contribution in [1.82, 2.24) is 4.98 Å². The lowest BCUT2D eigenvalue weighted by Crippen LogP contribution is -2.34. The van der Waals surface area contributed by atoms with Crippen molar-refractivity contribution in [2.24, 2.45) is 5.92 Å². The van der Waals surface area contributed by atoms with E-state index < -0.39 is 0 Å². The van der Waals surface area contributed by atoms with Crippen LogP contribution in [0.3, 0.4) is 0 Å². The van der Waals surface area contributed by atoms with Crippen LogP contribution in [-0.2, 0) is 6.42 Å². The number of aromatic nitrogens is 1. The lowest BCUT2D eigenvalue weighted by Gasteiger charge is -2.32. The zero-order valence-electron chi connectivity index (χ0n) is 11.2. The predicted molar refractivity (Wildman–Crippen MR) is 79.3 cm³/mol. The highest BCUT2D eigenvalue weighted by atomic mass is 15.2. The van der Waals surface area contributed by atoms with Gasteiger partial charge < -0.3 is 4.90 Å². The van der Waals surface area contributed by atoms with Crippen molar-refractivity contribution in [1.29, 1.82) is 0 Å². The second-order valence-corrected chi connectivity index (χ2v) is 5.31. The van der Waals surface area contributed by atoms with Crippen molar-refractivity contribution < 1.29 is 0 Å². The van der Waals surface area contributed by atoms with Crippen LogP contribution in [0.5, 0.6) is 0 Å². The summed E-state index contributed by atoms with van der Waals surface area (Å²) in [5.74, 6) is 1.95. The summed E-state index contributed by atoms with van der Waals surface area (Å²) in [7, 11) is 0. The Bertz CT molecular complexity index is 487. The van der Waals surface area contributed by atoms with Gasteiger partial charge in [-0.3, -0.25) is 0 Å². The van der Waals surface area contributed by atoms with Crippen molar-refractivity contribution in [2.45, 2.75) is 19.3 Å². The van der Waals surface area contributed by atoms with Gasteiger partial charge in [0.1, 0.15) is 5.82 Å². The van der Waals surface area contributed by atoms with Crippen LogP contribution in [0.1, 0.15) is 18.4 Å². The molecule has 1 aliphatic rings. The molecule has 0 unspecified atom stereocenters. The van der Waals surface area contributed by atoms with Gasteiger partial charge in [-0.1, -0.05) is 36.4 Å². The molecule has 2 aromatic rings. The predicted octanol–water partition coefficient (Wildman–Crippen LogP) is 3.54. The van der Waals surface area contributed by atoms with E-state index in [9.17, 15) is 0 Å². The summed E-state index contributed by atoms with van der Waals surface area (Å²) in [5, 5.41) is 0. The summed E-state index contributed by atoms with van der Waals surface area (Å²) < 4.78 is 0. The minimum atomic E-state index is 0.822. The molecular formula is C17H20N2. The largest absolute Gasteiger partial charge is 0.357 e. The van der Waals surface area contributed by atoms with Gasteiger partial charge in [0, 0.05) is 19.3 Å². The average molecular weight is 252 g/mol. The highest BCUT2D eigenvalue weighted by molar-refractivity contribution is 5.38. The smallest absolute Gasteiger partial charge is 0.128 e. The second kappa shape index (κ2) is 5.87. The van der Waals surface area contributed by atoms with Gasteiger partial charge >= 0.3 is 0 Å². The number of hydrogen-bond acceptors (Lipinski definition) is 2. The molecule has 0 N–H and O–H groups in total. The van der Waals surface area contributed by atoms with Crippen molar-refractivity contribution in [3.8, 4) is 0 Å². The Kier molecular flexibility index (Phi) is 3.78. The molecule has 1 fully saturated rings. The number of hydrogen-bond donors (Lipinski definition) is 0. The lowest BCUT2D eigenvalue weighted by molar-refractivity contribution is 0.402. The summed E-state index contributed by atoms with van der Waals surface area (Å²) in [5.41, 5.74) is 1.47. The molecule has 0 aliphatic carbocycles. The summed E-state index contributed by atoms with van der Waals surface area (Å²) in [6.45, 7) is 2.27. The normalized spacial score (nSPS) is 16.5. The molecule has 0 amide bonds. The minimum Gasteiger partial charge on any atom is -0.357 e. The number of nitrogens with zero attached hydrogens (tertiary/aromatic N) is 2. The van der Waals surface area contributed by atoms with Crippen LogP contribution in [0.25, 0.3) is 0 Å². The van der Waals surface area contributed by atoms with Crippen LogP contribution in [0.2, 0.25) is 0 Å². The highest BCUT2D eigenvalue weighted by Gasteiger charge is 2.19. The Balaban J connectivity index is 1.55. The third-order valence-electron chi connectivity index (χ3n) is 3.96. The maximum absolute atomic E-state index is 4.44. The van der Waals surface area contributed by atoms with Gasteiger partial charge in [-0.25, -0.2) is 4.98 Å². The van der Waals surface area contributed by atoms with E-state index in [4.69, 9.17) is 0 Å². The first-order chi connectivity index (χ1) is 9.42. The van der Waals surface area contributed by atoms with Crippen molar-refractivity contribution in [2.75, 3.05) is 18.0 Å². The van der Waals surface area contributed by atoms with E-state index in [0.29, 0.717) is 0 Å². The molecule has 2 heterocycles. The Morgan fingerprint density at radius 3 is 2.37 bits per heavy atom. The van der Waals surface area contributed by atoms with E-state index in [0.717, 1.165) is 24.8 Å². The second-order valence-electron chi connectivity index (χ2n) is 5.31. The van der Waals surface area contributed by atoms with Gasteiger partial charge in [-0.05, 0) is 42.9 Å². The summed E-state index contributed by atoms with van der Waals surface area (Å²) in [6.07, 6.45) is 5.64. The van der Waals surface area contributed by atoms with Crippen LogP contribution in [0.4, 0.5) is 5.82 Å². The van der Waals surface area contributed by atoms with Gasteiger partial charge in [0.05, 0.1) is 0 Å². The van der Waals surface area contributed by atoms with E-state index in [1.165, 1.54) is 24.8 Å². The van der Waals surface area contributed by atoms with E-state index in [1.807, 2.05) is 12.3 Å². The van der Waals surface area contributed by atoms with E-state index in [2.05, 4.69) is 52.3 Å². The topological polar surface area (TPSA) is 16.1 Å². The van der Waals surface area contributed by atoms with Crippen LogP contribution >= 0.6 is 0 Å². The molecule has 0 atom stereocenters. The standard InChI is InChI=1S/C17H20N2/c1-2-6-15(7-3-1)14-16-9-12-19(13-10-16)17-8-4-5-11-18-17/h1-8,11,16H,9-10,12-14H2. The first-order valence-corrected chi connectivity index (χ1v) is 7.12. The molecule has 0 bridgehead atoms. The SMILES string of the molecule is c1ccc(CC2CCN(c3ccccn3)CC2)cc1. The van der Waals surface area contributed by atoms with E-state index >= 15 is 0 Å². The molecule has 1 aromatic heterocycles. The van der Waals surface area contributed by atoms with Gasteiger partial charge in [0.25, 0.3) is 0 Å². The lowest BCUT2D eigenvalue weighted by atomic mass is 9.90. The Morgan fingerprint density at radius 1 is 0.947 bits per heavy atom. The van der Waals surface area contributed by atoms with Gasteiger partial charge in [-0.15, -0.1) is 0 Å². The van der Waals surface area contributed by atoms with Crippen LogP contribution in [0, 0.1) is 5.92 Å². The molecule has 1 saturated heterocycles. The van der Waals surface area contributed by atoms with Crippen molar-refractivity contribution in [3.05, 3.63) is 60.3 Å². The molecule has 1 aromatic carbocycles. The van der Waals surface area contributed by atoms with Crippen LogP contribution in [0.15, 0.2) is 54.7 Å². The summed E-state index contributed by atoms with van der Waals surface area (Å²) in [6, 6.07) is 17.0. The molecule has 0 spiro atoms. The third kappa shape index (κ3) is 3.14. The van der Waals surface area contributed by atoms with Gasteiger partial charge in [0.2, 0.25) is 0 Å². The van der Waals surface area contributed by atoms with Crippen molar-refractivity contribution in [3.63, 3.8) is 0 Å². The molecule has 3 rings (SSSR count). The van der Waals surface area contributed by atoms with E-state index in [-0.39, 0.29) is 0 Å².